The van der Waals surface area contributed by atoms with E-state index in [1.807, 2.05) is 29.2 Å². The minimum atomic E-state index is -0.0263. The largest absolute Gasteiger partial charge is 0.484 e. The Balaban J connectivity index is 1.47. The van der Waals surface area contributed by atoms with E-state index in [0.717, 1.165) is 17.7 Å². The second-order valence-corrected chi connectivity index (χ2v) is 6.51. The van der Waals surface area contributed by atoms with Crippen LogP contribution >= 0.6 is 11.6 Å². The van der Waals surface area contributed by atoms with Crippen molar-refractivity contribution in [2.75, 3.05) is 25.0 Å². The molecule has 6 heteroatoms. The lowest BCUT2D eigenvalue weighted by Gasteiger charge is -2.18. The molecule has 1 heterocycles. The summed E-state index contributed by atoms with van der Waals surface area (Å²) in [7, 11) is 0. The van der Waals surface area contributed by atoms with E-state index in [1.54, 1.807) is 24.3 Å². The standard InChI is InChI=1S/C19H21ClN2O3/c20-15-2-1-3-16(10-15)21-17-8-9-22(11-17)19(24)13-25-18-6-4-14(12-23)5-7-18/h1-7,10,17,21,23H,8-9,11-13H2. The van der Waals surface area contributed by atoms with Crippen LogP contribution in [0.5, 0.6) is 5.75 Å². The predicted octanol–water partition coefficient (Wildman–Crippen LogP) is 2.92. The maximum absolute atomic E-state index is 12.3. The zero-order chi connectivity index (χ0) is 17.6. The normalized spacial score (nSPS) is 16.7. The summed E-state index contributed by atoms with van der Waals surface area (Å²) >= 11 is 5.99. The van der Waals surface area contributed by atoms with Crippen LogP contribution in [-0.4, -0.2) is 41.7 Å². The van der Waals surface area contributed by atoms with Crippen LogP contribution < -0.4 is 10.1 Å². The Kier molecular flexibility index (Phi) is 5.79. The van der Waals surface area contributed by atoms with Gasteiger partial charge in [-0.1, -0.05) is 29.8 Å². The van der Waals surface area contributed by atoms with Gasteiger partial charge in [0.15, 0.2) is 6.61 Å². The summed E-state index contributed by atoms with van der Waals surface area (Å²) in [4.78, 5) is 14.1. The van der Waals surface area contributed by atoms with Gasteiger partial charge in [-0.05, 0) is 42.3 Å². The Bertz CT molecular complexity index is 721. The van der Waals surface area contributed by atoms with Crippen LogP contribution in [-0.2, 0) is 11.4 Å². The molecular formula is C19H21ClN2O3. The molecule has 0 bridgehead atoms. The van der Waals surface area contributed by atoms with Crippen LogP contribution in [0.1, 0.15) is 12.0 Å². The Morgan fingerprint density at radius 1 is 1.28 bits per heavy atom. The molecule has 132 valence electrons. The molecule has 3 rings (SSSR count). The molecule has 0 aliphatic carbocycles. The highest BCUT2D eigenvalue weighted by molar-refractivity contribution is 6.30. The van der Waals surface area contributed by atoms with Crippen molar-refractivity contribution in [1.29, 1.82) is 0 Å². The third kappa shape index (κ3) is 4.87. The molecule has 1 atom stereocenters. The average molecular weight is 361 g/mol. The number of nitrogens with one attached hydrogen (secondary N) is 1. The summed E-state index contributed by atoms with van der Waals surface area (Å²) in [6.07, 6.45) is 0.892. The number of hydrogen-bond acceptors (Lipinski definition) is 4. The van der Waals surface area contributed by atoms with Crippen molar-refractivity contribution in [2.45, 2.75) is 19.1 Å². The molecule has 1 saturated heterocycles. The molecule has 2 aromatic carbocycles. The molecular weight excluding hydrogens is 340 g/mol. The highest BCUT2D eigenvalue weighted by Gasteiger charge is 2.26. The minimum absolute atomic E-state index is 0.00595. The molecule has 2 N–H and O–H groups in total. The number of halogens is 1. The summed E-state index contributed by atoms with van der Waals surface area (Å²) in [6, 6.07) is 14.9. The topological polar surface area (TPSA) is 61.8 Å². The van der Waals surface area contributed by atoms with Gasteiger partial charge in [-0.3, -0.25) is 4.79 Å². The number of carbonyl (C=O) groups is 1. The van der Waals surface area contributed by atoms with Crippen molar-refractivity contribution in [3.63, 3.8) is 0 Å². The van der Waals surface area contributed by atoms with Gasteiger partial charge in [-0.15, -0.1) is 0 Å². The van der Waals surface area contributed by atoms with Gasteiger partial charge in [0.2, 0.25) is 0 Å². The number of aliphatic hydroxyl groups is 1. The van der Waals surface area contributed by atoms with Crippen molar-refractivity contribution in [2.24, 2.45) is 0 Å². The third-order valence-electron chi connectivity index (χ3n) is 4.20. The number of likely N-dealkylation sites (tertiary alicyclic amines) is 1. The first kappa shape index (κ1) is 17.6. The first-order chi connectivity index (χ1) is 12.1. The number of carbonyl (C=O) groups excluding carboxylic acids is 1. The molecule has 5 nitrogen and oxygen atoms in total. The van der Waals surface area contributed by atoms with Gasteiger partial charge in [0, 0.05) is 29.8 Å². The molecule has 1 aliphatic heterocycles. The first-order valence-electron chi connectivity index (χ1n) is 8.26. The van der Waals surface area contributed by atoms with Crippen LogP contribution in [0.3, 0.4) is 0 Å². The molecule has 1 aliphatic rings. The number of benzene rings is 2. The lowest BCUT2D eigenvalue weighted by molar-refractivity contribution is -0.132. The molecule has 0 aromatic heterocycles. The van der Waals surface area contributed by atoms with E-state index in [2.05, 4.69) is 5.32 Å². The zero-order valence-electron chi connectivity index (χ0n) is 13.8. The van der Waals surface area contributed by atoms with E-state index in [0.29, 0.717) is 23.9 Å². The fourth-order valence-corrected chi connectivity index (χ4v) is 3.04. The van der Waals surface area contributed by atoms with Crippen molar-refractivity contribution in [3.05, 3.63) is 59.1 Å². The van der Waals surface area contributed by atoms with E-state index in [4.69, 9.17) is 21.4 Å². The quantitative estimate of drug-likeness (QED) is 0.831. The van der Waals surface area contributed by atoms with Crippen LogP contribution in [0.25, 0.3) is 0 Å². The number of amides is 1. The fourth-order valence-electron chi connectivity index (χ4n) is 2.85. The van der Waals surface area contributed by atoms with Crippen LogP contribution in [0.2, 0.25) is 5.02 Å². The summed E-state index contributed by atoms with van der Waals surface area (Å²) in [5, 5.41) is 13.1. The van der Waals surface area contributed by atoms with Crippen LogP contribution in [0.4, 0.5) is 5.69 Å². The van der Waals surface area contributed by atoms with Crippen molar-refractivity contribution in [3.8, 4) is 5.75 Å². The van der Waals surface area contributed by atoms with E-state index in [-0.39, 0.29) is 25.2 Å². The number of rotatable bonds is 6. The van der Waals surface area contributed by atoms with E-state index in [9.17, 15) is 4.79 Å². The predicted molar refractivity (Wildman–Crippen MR) is 97.9 cm³/mol. The summed E-state index contributed by atoms with van der Waals surface area (Å²) in [5.41, 5.74) is 1.78. The van der Waals surface area contributed by atoms with Gasteiger partial charge in [0.1, 0.15) is 5.75 Å². The summed E-state index contributed by atoms with van der Waals surface area (Å²) in [6.45, 7) is 1.37. The maximum atomic E-state index is 12.3. The van der Waals surface area contributed by atoms with Gasteiger partial charge >= 0.3 is 0 Å². The van der Waals surface area contributed by atoms with E-state index in [1.165, 1.54) is 0 Å². The molecule has 1 fully saturated rings. The van der Waals surface area contributed by atoms with Crippen molar-refractivity contribution >= 4 is 23.2 Å². The first-order valence-corrected chi connectivity index (χ1v) is 8.64. The monoisotopic (exact) mass is 360 g/mol. The summed E-state index contributed by atoms with van der Waals surface area (Å²) in [5.74, 6) is 0.597. The van der Waals surface area contributed by atoms with Gasteiger partial charge in [0.25, 0.3) is 5.91 Å². The number of anilines is 1. The van der Waals surface area contributed by atoms with Gasteiger partial charge in [0.05, 0.1) is 6.61 Å². The van der Waals surface area contributed by atoms with Gasteiger partial charge < -0.3 is 20.1 Å². The Hall–Kier alpha value is -2.24. The Morgan fingerprint density at radius 2 is 2.08 bits per heavy atom. The SMILES string of the molecule is O=C(COc1ccc(CO)cc1)N1CCC(Nc2cccc(Cl)c2)C1. The molecule has 2 aromatic rings. The highest BCUT2D eigenvalue weighted by Crippen LogP contribution is 2.20. The van der Waals surface area contributed by atoms with Crippen LogP contribution in [0.15, 0.2) is 48.5 Å². The number of ether oxygens (including phenoxy) is 1. The maximum Gasteiger partial charge on any atom is 0.260 e. The molecule has 25 heavy (non-hydrogen) atoms. The molecule has 1 amide bonds. The second-order valence-electron chi connectivity index (χ2n) is 6.07. The van der Waals surface area contributed by atoms with E-state index >= 15 is 0 Å². The minimum Gasteiger partial charge on any atom is -0.484 e. The van der Waals surface area contributed by atoms with Crippen molar-refractivity contribution < 1.29 is 14.6 Å². The zero-order valence-corrected chi connectivity index (χ0v) is 14.6. The second kappa shape index (κ2) is 8.23. The lowest BCUT2D eigenvalue weighted by atomic mass is 10.2. The summed E-state index contributed by atoms with van der Waals surface area (Å²) < 4.78 is 5.54. The van der Waals surface area contributed by atoms with Crippen LogP contribution in [0, 0.1) is 0 Å². The fraction of sp³-hybridized carbons (Fsp3) is 0.316. The van der Waals surface area contributed by atoms with Gasteiger partial charge in [-0.25, -0.2) is 0 Å². The number of aliphatic hydroxyl groups excluding tert-OH is 1. The number of hydrogen-bond donors (Lipinski definition) is 2. The van der Waals surface area contributed by atoms with E-state index < -0.39 is 0 Å². The molecule has 1 unspecified atom stereocenters. The smallest absolute Gasteiger partial charge is 0.260 e. The Morgan fingerprint density at radius 3 is 2.80 bits per heavy atom. The molecule has 0 radical (unpaired) electrons. The molecule has 0 spiro atoms. The van der Waals surface area contributed by atoms with Crippen molar-refractivity contribution in [1.82, 2.24) is 4.90 Å². The molecule has 0 saturated carbocycles. The lowest BCUT2D eigenvalue weighted by Crippen LogP contribution is -2.34. The Labute approximate surface area is 152 Å². The highest BCUT2D eigenvalue weighted by atomic mass is 35.5. The average Bonchev–Trinajstić information content (AvgIpc) is 3.08. The number of nitrogens with zero attached hydrogens (tertiary/aromatic N) is 1. The third-order valence-corrected chi connectivity index (χ3v) is 4.44. The van der Waals surface area contributed by atoms with Gasteiger partial charge in [-0.2, -0.15) is 0 Å².